The Morgan fingerprint density at radius 2 is 2.11 bits per heavy atom. The summed E-state index contributed by atoms with van der Waals surface area (Å²) in [5, 5.41) is 8.04. The number of fused-ring (bicyclic) bond motifs is 1. The molecule has 3 rings (SSSR count). The van der Waals surface area contributed by atoms with Crippen molar-refractivity contribution in [3.63, 3.8) is 0 Å². The van der Waals surface area contributed by atoms with Gasteiger partial charge < -0.3 is 5.73 Å². The molecule has 100 valence electrons. The van der Waals surface area contributed by atoms with E-state index in [9.17, 15) is 0 Å². The number of hydrogen-bond acceptors (Lipinski definition) is 3. The number of nitrogens with two attached hydrogens (primary N) is 1. The van der Waals surface area contributed by atoms with Crippen LogP contribution in [0.4, 0.5) is 0 Å². The molecule has 0 spiro atoms. The van der Waals surface area contributed by atoms with Crippen LogP contribution in [0.2, 0.25) is 0 Å². The summed E-state index contributed by atoms with van der Waals surface area (Å²) in [6.45, 7) is 0. The highest BCUT2D eigenvalue weighted by atomic mass is 79.9. The number of benzene rings is 1. The number of aromatic nitrogens is 3. The Morgan fingerprint density at radius 1 is 1.37 bits per heavy atom. The number of rotatable bonds is 2. The van der Waals surface area contributed by atoms with Crippen molar-refractivity contribution in [2.24, 2.45) is 18.7 Å². The van der Waals surface area contributed by atoms with Gasteiger partial charge in [-0.05, 0) is 52.2 Å². The Balaban J connectivity index is 1.85. The number of nitrogens with zero attached hydrogens (tertiary/aromatic N) is 3. The standard InChI is InChI=1S/C14H17BrN4/c1-19-13(14(15)17-18-19)12(16)11-7-6-9-4-2-3-5-10(9)8-11/h2-5,11-12H,6-8,16H2,1H3. The van der Waals surface area contributed by atoms with Crippen molar-refractivity contribution in [1.29, 1.82) is 0 Å². The summed E-state index contributed by atoms with van der Waals surface area (Å²) in [6.07, 6.45) is 3.27. The molecule has 2 N–H and O–H groups in total. The SMILES string of the molecule is Cn1nnc(Br)c1C(N)C1CCc2ccccc2C1. The maximum absolute atomic E-state index is 6.44. The van der Waals surface area contributed by atoms with Crippen LogP contribution in [0.5, 0.6) is 0 Å². The van der Waals surface area contributed by atoms with Crippen molar-refractivity contribution in [2.75, 3.05) is 0 Å². The zero-order chi connectivity index (χ0) is 13.4. The van der Waals surface area contributed by atoms with Gasteiger partial charge in [-0.25, -0.2) is 4.68 Å². The molecule has 0 bridgehead atoms. The van der Waals surface area contributed by atoms with E-state index < -0.39 is 0 Å². The highest BCUT2D eigenvalue weighted by Crippen LogP contribution is 2.34. The Bertz CT molecular complexity index is 573. The van der Waals surface area contributed by atoms with Crippen LogP contribution < -0.4 is 5.73 Å². The fourth-order valence-corrected chi connectivity index (χ4v) is 3.54. The molecule has 0 saturated heterocycles. The molecule has 1 aliphatic carbocycles. The van der Waals surface area contributed by atoms with Gasteiger partial charge in [0.05, 0.1) is 11.7 Å². The van der Waals surface area contributed by atoms with Crippen LogP contribution in [0.25, 0.3) is 0 Å². The van der Waals surface area contributed by atoms with E-state index in [2.05, 4.69) is 50.5 Å². The lowest BCUT2D eigenvalue weighted by atomic mass is 9.79. The molecule has 0 radical (unpaired) electrons. The maximum atomic E-state index is 6.44. The minimum Gasteiger partial charge on any atom is -0.322 e. The minimum atomic E-state index is -0.0252. The molecule has 19 heavy (non-hydrogen) atoms. The quantitative estimate of drug-likeness (QED) is 0.924. The van der Waals surface area contributed by atoms with E-state index in [0.717, 1.165) is 29.6 Å². The Labute approximate surface area is 121 Å². The van der Waals surface area contributed by atoms with E-state index in [-0.39, 0.29) is 6.04 Å². The van der Waals surface area contributed by atoms with Crippen LogP contribution in [0.15, 0.2) is 28.9 Å². The first kappa shape index (κ1) is 12.8. The average Bonchev–Trinajstić information content (AvgIpc) is 2.77. The summed E-state index contributed by atoms with van der Waals surface area (Å²) in [6, 6.07) is 8.63. The first-order valence-corrected chi connectivity index (χ1v) is 7.33. The average molecular weight is 321 g/mol. The molecular weight excluding hydrogens is 304 g/mol. The first-order chi connectivity index (χ1) is 9.16. The molecule has 0 aliphatic heterocycles. The van der Waals surface area contributed by atoms with Crippen LogP contribution in [-0.4, -0.2) is 15.0 Å². The Hall–Kier alpha value is -1.20. The fourth-order valence-electron chi connectivity index (χ4n) is 2.95. The lowest BCUT2D eigenvalue weighted by Gasteiger charge is -2.29. The molecule has 1 aliphatic rings. The number of aryl methyl sites for hydroxylation is 2. The summed E-state index contributed by atoms with van der Waals surface area (Å²) >= 11 is 3.44. The minimum absolute atomic E-state index is 0.0252. The van der Waals surface area contributed by atoms with Crippen LogP contribution in [0.3, 0.4) is 0 Å². The van der Waals surface area contributed by atoms with E-state index in [1.165, 1.54) is 11.1 Å². The topological polar surface area (TPSA) is 56.7 Å². The van der Waals surface area contributed by atoms with Gasteiger partial charge in [-0.15, -0.1) is 5.10 Å². The zero-order valence-electron chi connectivity index (χ0n) is 10.9. The molecule has 1 aromatic carbocycles. The molecule has 0 amide bonds. The third-order valence-corrected chi connectivity index (χ3v) is 4.60. The third-order valence-electron chi connectivity index (χ3n) is 4.04. The number of hydrogen-bond donors (Lipinski definition) is 1. The second-order valence-electron chi connectivity index (χ2n) is 5.19. The van der Waals surface area contributed by atoms with Gasteiger partial charge in [-0.2, -0.15) is 0 Å². The third kappa shape index (κ3) is 2.32. The lowest BCUT2D eigenvalue weighted by Crippen LogP contribution is -2.28. The molecule has 0 saturated carbocycles. The second-order valence-corrected chi connectivity index (χ2v) is 5.94. The van der Waals surface area contributed by atoms with Gasteiger partial charge in [0.25, 0.3) is 0 Å². The van der Waals surface area contributed by atoms with Crippen LogP contribution in [0, 0.1) is 5.92 Å². The Morgan fingerprint density at radius 3 is 2.79 bits per heavy atom. The van der Waals surface area contributed by atoms with Gasteiger partial charge in [0.1, 0.15) is 0 Å². The first-order valence-electron chi connectivity index (χ1n) is 6.54. The summed E-state index contributed by atoms with van der Waals surface area (Å²) < 4.78 is 2.54. The maximum Gasteiger partial charge on any atom is 0.153 e. The molecule has 0 fully saturated rings. The van der Waals surface area contributed by atoms with Crippen LogP contribution in [-0.2, 0) is 19.9 Å². The molecule has 4 nitrogen and oxygen atoms in total. The van der Waals surface area contributed by atoms with Crippen molar-refractivity contribution in [1.82, 2.24) is 15.0 Å². The molecule has 1 heterocycles. The van der Waals surface area contributed by atoms with Crippen LogP contribution >= 0.6 is 15.9 Å². The predicted molar refractivity (Wildman–Crippen MR) is 77.6 cm³/mol. The van der Waals surface area contributed by atoms with Gasteiger partial charge in [0.15, 0.2) is 4.60 Å². The smallest absolute Gasteiger partial charge is 0.153 e. The van der Waals surface area contributed by atoms with Crippen molar-refractivity contribution in [3.8, 4) is 0 Å². The monoisotopic (exact) mass is 320 g/mol. The van der Waals surface area contributed by atoms with E-state index in [1.54, 1.807) is 4.68 Å². The van der Waals surface area contributed by atoms with Crippen molar-refractivity contribution >= 4 is 15.9 Å². The van der Waals surface area contributed by atoms with Crippen molar-refractivity contribution in [2.45, 2.75) is 25.3 Å². The van der Waals surface area contributed by atoms with Gasteiger partial charge in [0.2, 0.25) is 0 Å². The molecule has 2 atom stereocenters. The summed E-state index contributed by atoms with van der Waals surface area (Å²) in [5.41, 5.74) is 10.3. The largest absolute Gasteiger partial charge is 0.322 e. The van der Waals surface area contributed by atoms with Gasteiger partial charge >= 0.3 is 0 Å². The molecular formula is C14H17BrN4. The molecule has 1 aromatic heterocycles. The van der Waals surface area contributed by atoms with Crippen molar-refractivity contribution in [3.05, 3.63) is 45.7 Å². The Kier molecular flexibility index (Phi) is 3.41. The summed E-state index contributed by atoms with van der Waals surface area (Å²) in [5.74, 6) is 0.448. The fraction of sp³-hybridized carbons (Fsp3) is 0.429. The van der Waals surface area contributed by atoms with E-state index in [0.29, 0.717) is 5.92 Å². The molecule has 5 heteroatoms. The van der Waals surface area contributed by atoms with Gasteiger partial charge in [-0.1, -0.05) is 29.5 Å². The summed E-state index contributed by atoms with van der Waals surface area (Å²) in [4.78, 5) is 0. The highest BCUT2D eigenvalue weighted by Gasteiger charge is 2.28. The van der Waals surface area contributed by atoms with Gasteiger partial charge in [-0.3, -0.25) is 0 Å². The van der Waals surface area contributed by atoms with Crippen LogP contribution in [0.1, 0.15) is 29.3 Å². The van der Waals surface area contributed by atoms with E-state index >= 15 is 0 Å². The number of halogens is 1. The van der Waals surface area contributed by atoms with Crippen molar-refractivity contribution < 1.29 is 0 Å². The van der Waals surface area contributed by atoms with Gasteiger partial charge in [0, 0.05) is 7.05 Å². The highest BCUT2D eigenvalue weighted by molar-refractivity contribution is 9.10. The normalized spacial score (nSPS) is 20.1. The molecule has 2 aromatic rings. The summed E-state index contributed by atoms with van der Waals surface area (Å²) in [7, 11) is 1.89. The molecule has 2 unspecified atom stereocenters. The second kappa shape index (κ2) is 5.06. The van der Waals surface area contributed by atoms with E-state index in [1.807, 2.05) is 7.05 Å². The van der Waals surface area contributed by atoms with E-state index in [4.69, 9.17) is 5.73 Å². The lowest BCUT2D eigenvalue weighted by molar-refractivity contribution is 0.367. The predicted octanol–water partition coefficient (Wildman–Crippen LogP) is 2.38. The zero-order valence-corrected chi connectivity index (χ0v) is 12.5.